The van der Waals surface area contributed by atoms with Crippen LogP contribution in [0, 0.1) is 17.0 Å². The fraction of sp³-hybridized carbons (Fsp3) is 0.0455. The second-order valence-corrected chi connectivity index (χ2v) is 6.90. The predicted molar refractivity (Wildman–Crippen MR) is 109 cm³/mol. The van der Waals surface area contributed by atoms with E-state index >= 15 is 0 Å². The van der Waals surface area contributed by atoms with Crippen LogP contribution in [0.5, 0.6) is 0 Å². The zero-order valence-corrected chi connectivity index (χ0v) is 16.0. The molecular weight excluding hydrogens is 394 g/mol. The van der Waals surface area contributed by atoms with E-state index in [1.807, 2.05) is 0 Å². The number of hydrogen-bond acceptors (Lipinski definition) is 5. The number of carbonyl (C=O) groups is 1. The van der Waals surface area contributed by atoms with Gasteiger partial charge in [-0.05, 0) is 67.1 Å². The third-order valence-electron chi connectivity index (χ3n) is 4.46. The molecule has 0 radical (unpaired) electrons. The van der Waals surface area contributed by atoms with Gasteiger partial charge in [0.05, 0.1) is 10.5 Å². The highest BCUT2D eigenvalue weighted by atomic mass is 35.5. The van der Waals surface area contributed by atoms with E-state index in [1.54, 1.807) is 61.5 Å². The van der Waals surface area contributed by atoms with Crippen molar-refractivity contribution in [3.63, 3.8) is 0 Å². The number of halogens is 1. The van der Waals surface area contributed by atoms with Gasteiger partial charge in [-0.25, -0.2) is 4.79 Å². The molecule has 29 heavy (non-hydrogen) atoms. The first-order chi connectivity index (χ1) is 13.9. The summed E-state index contributed by atoms with van der Waals surface area (Å²) in [4.78, 5) is 22.6. The summed E-state index contributed by atoms with van der Waals surface area (Å²) in [5, 5.41) is 11.5. The maximum Gasteiger partial charge on any atom is 0.343 e. The topological polar surface area (TPSA) is 82.6 Å². The number of furan rings is 1. The van der Waals surface area contributed by atoms with Crippen LogP contribution < -0.4 is 0 Å². The van der Waals surface area contributed by atoms with Gasteiger partial charge in [-0.15, -0.1) is 0 Å². The largest absolute Gasteiger partial charge is 0.457 e. The first-order valence-corrected chi connectivity index (χ1v) is 9.05. The molecule has 4 rings (SSSR count). The number of nitrogens with zero attached hydrogens (tertiary/aromatic N) is 1. The lowest BCUT2D eigenvalue weighted by Gasteiger charge is -2.02. The molecule has 144 valence electrons. The Kier molecular flexibility index (Phi) is 4.78. The Morgan fingerprint density at radius 1 is 1.07 bits per heavy atom. The number of aryl methyl sites for hydroxylation is 1. The predicted octanol–water partition coefficient (Wildman–Crippen LogP) is 5.80. The highest BCUT2D eigenvalue weighted by molar-refractivity contribution is 6.30. The standard InChI is InChI=1S/C22H14ClNO5/c1-13-10-17(24(26)27)6-8-19(13)20-9-7-18(28-20)11-15-12-21(29-22(15)25)14-2-4-16(23)5-3-14/h2-12H,1H3/b15-11-. The molecule has 6 nitrogen and oxygen atoms in total. The summed E-state index contributed by atoms with van der Waals surface area (Å²) in [7, 11) is 0. The van der Waals surface area contributed by atoms with Crippen LogP contribution in [0.4, 0.5) is 5.69 Å². The van der Waals surface area contributed by atoms with Gasteiger partial charge in [0.25, 0.3) is 5.69 Å². The van der Waals surface area contributed by atoms with E-state index in [1.165, 1.54) is 12.1 Å². The Morgan fingerprint density at radius 2 is 1.83 bits per heavy atom. The van der Waals surface area contributed by atoms with Gasteiger partial charge in [0.2, 0.25) is 0 Å². The van der Waals surface area contributed by atoms with Crippen LogP contribution in [-0.2, 0) is 9.53 Å². The van der Waals surface area contributed by atoms with Gasteiger partial charge in [0, 0.05) is 28.3 Å². The van der Waals surface area contributed by atoms with Gasteiger partial charge in [0.15, 0.2) is 0 Å². The minimum atomic E-state index is -0.473. The van der Waals surface area contributed by atoms with Crippen molar-refractivity contribution in [2.75, 3.05) is 0 Å². The Hall–Kier alpha value is -3.64. The second kappa shape index (κ2) is 7.41. The quantitative estimate of drug-likeness (QED) is 0.236. The van der Waals surface area contributed by atoms with Crippen LogP contribution in [0.3, 0.4) is 0 Å². The van der Waals surface area contributed by atoms with Gasteiger partial charge in [-0.3, -0.25) is 10.1 Å². The zero-order chi connectivity index (χ0) is 20.5. The van der Waals surface area contributed by atoms with Crippen LogP contribution in [0.1, 0.15) is 16.9 Å². The number of nitro groups is 1. The lowest BCUT2D eigenvalue weighted by atomic mass is 10.1. The van der Waals surface area contributed by atoms with Crippen molar-refractivity contribution in [1.82, 2.24) is 0 Å². The average Bonchev–Trinajstić information content (AvgIpc) is 3.29. The molecule has 0 N–H and O–H groups in total. The van der Waals surface area contributed by atoms with Gasteiger partial charge in [0.1, 0.15) is 17.3 Å². The molecule has 0 atom stereocenters. The van der Waals surface area contributed by atoms with Gasteiger partial charge >= 0.3 is 5.97 Å². The minimum Gasteiger partial charge on any atom is -0.457 e. The van der Waals surface area contributed by atoms with E-state index in [2.05, 4.69) is 0 Å². The van der Waals surface area contributed by atoms with Gasteiger partial charge in [-0.1, -0.05) is 11.6 Å². The first kappa shape index (κ1) is 18.7. The zero-order valence-electron chi connectivity index (χ0n) is 15.2. The molecule has 0 saturated heterocycles. The summed E-state index contributed by atoms with van der Waals surface area (Å²) in [6.07, 6.45) is 3.24. The molecule has 0 fully saturated rings. The number of ether oxygens (including phenoxy) is 1. The van der Waals surface area contributed by atoms with Gasteiger partial charge in [-0.2, -0.15) is 0 Å². The molecule has 0 spiro atoms. The molecule has 0 saturated carbocycles. The SMILES string of the molecule is Cc1cc([N+](=O)[O-])ccc1-c1ccc(/C=C2/C=C(c3ccc(Cl)cc3)OC2=O)o1. The number of cyclic esters (lactones) is 1. The van der Waals surface area contributed by atoms with E-state index in [4.69, 9.17) is 20.8 Å². The van der Waals surface area contributed by atoms with Crippen molar-refractivity contribution >= 4 is 35.1 Å². The third-order valence-corrected chi connectivity index (χ3v) is 4.72. The van der Waals surface area contributed by atoms with Crippen LogP contribution in [0.2, 0.25) is 5.02 Å². The number of nitro benzene ring substituents is 1. The Labute approximate surface area is 170 Å². The number of carbonyl (C=O) groups excluding carboxylic acids is 1. The fourth-order valence-corrected chi connectivity index (χ4v) is 3.14. The van der Waals surface area contributed by atoms with Crippen LogP contribution in [-0.4, -0.2) is 10.9 Å². The lowest BCUT2D eigenvalue weighted by molar-refractivity contribution is -0.384. The van der Waals surface area contributed by atoms with Crippen molar-refractivity contribution < 1.29 is 18.9 Å². The smallest absolute Gasteiger partial charge is 0.343 e. The molecule has 2 heterocycles. The summed E-state index contributed by atoms with van der Waals surface area (Å²) < 4.78 is 11.1. The summed E-state index contributed by atoms with van der Waals surface area (Å²) in [5.41, 5.74) is 2.59. The van der Waals surface area contributed by atoms with Crippen molar-refractivity contribution in [3.8, 4) is 11.3 Å². The van der Waals surface area contributed by atoms with E-state index in [9.17, 15) is 14.9 Å². The molecule has 1 aliphatic heterocycles. The number of non-ortho nitro benzene ring substituents is 1. The summed E-state index contributed by atoms with van der Waals surface area (Å²) in [6.45, 7) is 1.78. The van der Waals surface area contributed by atoms with Crippen molar-refractivity contribution in [3.05, 3.63) is 98.3 Å². The van der Waals surface area contributed by atoms with Crippen LogP contribution >= 0.6 is 11.6 Å². The Morgan fingerprint density at radius 3 is 2.52 bits per heavy atom. The highest BCUT2D eigenvalue weighted by Crippen LogP contribution is 2.31. The van der Waals surface area contributed by atoms with Crippen molar-refractivity contribution in [1.29, 1.82) is 0 Å². The Bertz CT molecular complexity index is 1190. The molecule has 2 aromatic carbocycles. The van der Waals surface area contributed by atoms with Gasteiger partial charge < -0.3 is 9.15 Å². The molecule has 3 aromatic rings. The van der Waals surface area contributed by atoms with E-state index in [0.717, 1.165) is 16.7 Å². The van der Waals surface area contributed by atoms with E-state index in [-0.39, 0.29) is 5.69 Å². The number of rotatable bonds is 4. The Balaban J connectivity index is 1.61. The number of esters is 1. The normalized spacial score (nSPS) is 14.8. The number of hydrogen-bond donors (Lipinski definition) is 0. The van der Waals surface area contributed by atoms with E-state index < -0.39 is 10.9 Å². The molecule has 0 aliphatic carbocycles. The highest BCUT2D eigenvalue weighted by Gasteiger charge is 2.22. The molecule has 0 amide bonds. The molecule has 1 aliphatic rings. The van der Waals surface area contributed by atoms with Crippen LogP contribution in [0.15, 0.2) is 70.7 Å². The average molecular weight is 408 g/mol. The first-order valence-electron chi connectivity index (χ1n) is 8.67. The summed E-state index contributed by atoms with van der Waals surface area (Å²) in [6, 6.07) is 15.0. The minimum absolute atomic E-state index is 0.0220. The third kappa shape index (κ3) is 3.83. The molecule has 0 unspecified atom stereocenters. The maximum absolute atomic E-state index is 12.2. The van der Waals surface area contributed by atoms with Crippen molar-refractivity contribution in [2.24, 2.45) is 0 Å². The fourth-order valence-electron chi connectivity index (χ4n) is 3.01. The summed E-state index contributed by atoms with van der Waals surface area (Å²) in [5.74, 6) is 0.992. The van der Waals surface area contributed by atoms with E-state index in [0.29, 0.717) is 27.9 Å². The van der Waals surface area contributed by atoms with Crippen LogP contribution in [0.25, 0.3) is 23.2 Å². The molecule has 7 heteroatoms. The molecule has 0 bridgehead atoms. The van der Waals surface area contributed by atoms with Crippen molar-refractivity contribution in [2.45, 2.75) is 6.92 Å². The summed E-state index contributed by atoms with van der Waals surface area (Å²) >= 11 is 5.89. The maximum atomic E-state index is 12.2. The number of benzene rings is 2. The molecular formula is C22H14ClNO5. The monoisotopic (exact) mass is 407 g/mol. The second-order valence-electron chi connectivity index (χ2n) is 6.46. The lowest BCUT2D eigenvalue weighted by Crippen LogP contribution is -1.96. The molecule has 1 aromatic heterocycles.